The number of aryl methyl sites for hydroxylation is 2. The molecule has 0 heterocycles. The van der Waals surface area contributed by atoms with E-state index in [1.165, 1.54) is 27.8 Å². The molecule has 1 aromatic rings. The molecule has 15 heavy (non-hydrogen) atoms. The maximum atomic E-state index is 3.38. The number of benzene rings is 1. The summed E-state index contributed by atoms with van der Waals surface area (Å²) in [5.41, 5.74) is 7.06. The molecule has 0 aromatic heterocycles. The van der Waals surface area contributed by atoms with Gasteiger partial charge in [0.05, 0.1) is 0 Å². The zero-order chi connectivity index (χ0) is 11.4. The molecule has 1 rings (SSSR count). The summed E-state index contributed by atoms with van der Waals surface area (Å²) >= 11 is 0. The Morgan fingerprint density at radius 3 is 2.00 bits per heavy atom. The molecular weight excluding hydrogens is 184 g/mol. The van der Waals surface area contributed by atoms with Crippen LogP contribution in [-0.2, 0) is 6.54 Å². The van der Waals surface area contributed by atoms with Gasteiger partial charge in [-0.05, 0) is 62.6 Å². The number of hydrogen-bond donors (Lipinski definition) is 2. The summed E-state index contributed by atoms with van der Waals surface area (Å²) in [6, 6.07) is 2.27. The van der Waals surface area contributed by atoms with Crippen LogP contribution in [0.15, 0.2) is 6.07 Å². The average molecular weight is 206 g/mol. The smallest absolute Gasteiger partial charge is 0.0454 e. The number of nitrogens with one attached hydrogen (secondary N) is 2. The molecule has 0 aliphatic rings. The molecule has 0 fully saturated rings. The van der Waals surface area contributed by atoms with E-state index in [0.29, 0.717) is 0 Å². The summed E-state index contributed by atoms with van der Waals surface area (Å²) in [5, 5.41) is 6.47. The Hall–Kier alpha value is -0.860. The van der Waals surface area contributed by atoms with E-state index in [2.05, 4.69) is 44.4 Å². The van der Waals surface area contributed by atoms with Crippen LogP contribution in [-0.4, -0.2) is 13.7 Å². The van der Waals surface area contributed by atoms with E-state index in [4.69, 9.17) is 0 Å². The third-order valence-corrected chi connectivity index (χ3v) is 3.12. The van der Waals surface area contributed by atoms with Gasteiger partial charge in [0, 0.05) is 13.2 Å². The normalized spacial score (nSPS) is 10.7. The van der Waals surface area contributed by atoms with Crippen LogP contribution in [0.25, 0.3) is 0 Å². The number of rotatable bonds is 4. The van der Waals surface area contributed by atoms with Gasteiger partial charge in [0.25, 0.3) is 0 Å². The lowest BCUT2D eigenvalue weighted by atomic mass is 9.94. The van der Waals surface area contributed by atoms with E-state index in [1.54, 1.807) is 0 Å². The maximum Gasteiger partial charge on any atom is 0.0454 e. The van der Waals surface area contributed by atoms with Crippen molar-refractivity contribution in [2.24, 2.45) is 0 Å². The van der Waals surface area contributed by atoms with Gasteiger partial charge in [0.15, 0.2) is 0 Å². The zero-order valence-electron chi connectivity index (χ0n) is 10.5. The topological polar surface area (TPSA) is 24.1 Å². The van der Waals surface area contributed by atoms with Crippen molar-refractivity contribution in [3.63, 3.8) is 0 Å². The highest BCUT2D eigenvalue weighted by molar-refractivity contribution is 5.43. The first kappa shape index (κ1) is 12.2. The fraction of sp³-hybridized carbons (Fsp3) is 0.538. The quantitative estimate of drug-likeness (QED) is 0.583. The molecule has 0 saturated carbocycles. The summed E-state index contributed by atoms with van der Waals surface area (Å²) in [6.07, 6.45) is 0. The van der Waals surface area contributed by atoms with Gasteiger partial charge >= 0.3 is 0 Å². The van der Waals surface area contributed by atoms with Crippen LogP contribution in [0.1, 0.15) is 27.8 Å². The molecule has 0 bridgehead atoms. The Kier molecular flexibility index (Phi) is 4.30. The molecule has 2 N–H and O–H groups in total. The first-order chi connectivity index (χ1) is 7.07. The molecule has 0 aliphatic carbocycles. The summed E-state index contributed by atoms with van der Waals surface area (Å²) in [4.78, 5) is 0. The van der Waals surface area contributed by atoms with Gasteiger partial charge in [-0.3, -0.25) is 0 Å². The average Bonchev–Trinajstić information content (AvgIpc) is 2.20. The highest BCUT2D eigenvalue weighted by Gasteiger charge is 2.07. The lowest BCUT2D eigenvalue weighted by molar-refractivity contribution is 0.628. The molecular formula is C13H22N2. The first-order valence-corrected chi connectivity index (χ1v) is 5.49. The van der Waals surface area contributed by atoms with Gasteiger partial charge in [0.2, 0.25) is 0 Å². The largest absolute Gasteiger partial charge is 0.308 e. The monoisotopic (exact) mass is 206 g/mol. The third kappa shape index (κ3) is 2.80. The lowest BCUT2D eigenvalue weighted by Crippen LogP contribution is -2.26. The van der Waals surface area contributed by atoms with Crippen LogP contribution in [0.4, 0.5) is 0 Å². The van der Waals surface area contributed by atoms with Gasteiger partial charge < -0.3 is 10.6 Å². The van der Waals surface area contributed by atoms with E-state index in [9.17, 15) is 0 Å². The van der Waals surface area contributed by atoms with Gasteiger partial charge in [-0.25, -0.2) is 0 Å². The molecule has 0 saturated heterocycles. The van der Waals surface area contributed by atoms with Crippen LogP contribution in [0.3, 0.4) is 0 Å². The van der Waals surface area contributed by atoms with Gasteiger partial charge in [0.1, 0.15) is 0 Å². The minimum atomic E-state index is 0.853. The van der Waals surface area contributed by atoms with Crippen molar-refractivity contribution in [1.29, 1.82) is 0 Å². The zero-order valence-corrected chi connectivity index (χ0v) is 10.5. The second kappa shape index (κ2) is 5.29. The Bertz CT molecular complexity index is 317. The Morgan fingerprint density at radius 1 is 1.00 bits per heavy atom. The highest BCUT2D eigenvalue weighted by atomic mass is 15.0. The van der Waals surface area contributed by atoms with Crippen molar-refractivity contribution < 1.29 is 0 Å². The Morgan fingerprint density at radius 2 is 1.53 bits per heavy atom. The van der Waals surface area contributed by atoms with Crippen LogP contribution >= 0.6 is 0 Å². The molecule has 0 spiro atoms. The summed E-state index contributed by atoms with van der Waals surface area (Å²) in [6.45, 7) is 10.6. The summed E-state index contributed by atoms with van der Waals surface area (Å²) in [5.74, 6) is 0. The standard InChI is InChI=1S/C13H22N2/c1-9-6-10(2)12(4)13(11(9)3)7-15-8-14-5/h6,14-15H,7-8H2,1-5H3. The highest BCUT2D eigenvalue weighted by Crippen LogP contribution is 2.21. The van der Waals surface area contributed by atoms with Crippen molar-refractivity contribution in [1.82, 2.24) is 10.6 Å². The van der Waals surface area contributed by atoms with Gasteiger partial charge in [-0.2, -0.15) is 0 Å². The fourth-order valence-electron chi connectivity index (χ4n) is 1.88. The minimum Gasteiger partial charge on any atom is -0.308 e. The van der Waals surface area contributed by atoms with E-state index < -0.39 is 0 Å². The van der Waals surface area contributed by atoms with Gasteiger partial charge in [-0.1, -0.05) is 6.07 Å². The summed E-state index contributed by atoms with van der Waals surface area (Å²) in [7, 11) is 1.95. The second-order valence-corrected chi connectivity index (χ2v) is 4.20. The van der Waals surface area contributed by atoms with E-state index in [0.717, 1.165) is 13.2 Å². The van der Waals surface area contributed by atoms with Crippen LogP contribution in [0, 0.1) is 27.7 Å². The van der Waals surface area contributed by atoms with E-state index in [1.807, 2.05) is 7.05 Å². The minimum absolute atomic E-state index is 0.853. The molecule has 84 valence electrons. The molecule has 2 nitrogen and oxygen atoms in total. The molecule has 0 atom stereocenters. The van der Waals surface area contributed by atoms with Crippen LogP contribution < -0.4 is 10.6 Å². The first-order valence-electron chi connectivity index (χ1n) is 5.49. The maximum absolute atomic E-state index is 3.38. The third-order valence-electron chi connectivity index (χ3n) is 3.12. The van der Waals surface area contributed by atoms with E-state index >= 15 is 0 Å². The second-order valence-electron chi connectivity index (χ2n) is 4.20. The molecule has 0 unspecified atom stereocenters. The predicted octanol–water partition coefficient (Wildman–Crippen LogP) is 2.19. The van der Waals surface area contributed by atoms with Gasteiger partial charge in [-0.15, -0.1) is 0 Å². The van der Waals surface area contributed by atoms with Crippen molar-refractivity contribution in [3.05, 3.63) is 33.9 Å². The summed E-state index contributed by atoms with van der Waals surface area (Å²) < 4.78 is 0. The molecule has 0 amide bonds. The SMILES string of the molecule is CNCNCc1c(C)c(C)cc(C)c1C. The Labute approximate surface area is 93.1 Å². The van der Waals surface area contributed by atoms with E-state index in [-0.39, 0.29) is 0 Å². The Balaban J connectivity index is 2.94. The molecule has 2 heteroatoms. The van der Waals surface area contributed by atoms with Crippen molar-refractivity contribution in [2.45, 2.75) is 34.2 Å². The van der Waals surface area contributed by atoms with Crippen molar-refractivity contribution >= 4 is 0 Å². The number of hydrogen-bond acceptors (Lipinski definition) is 2. The van der Waals surface area contributed by atoms with Crippen molar-refractivity contribution in [2.75, 3.05) is 13.7 Å². The molecule has 1 aromatic carbocycles. The van der Waals surface area contributed by atoms with Crippen LogP contribution in [0.2, 0.25) is 0 Å². The van der Waals surface area contributed by atoms with Crippen LogP contribution in [0.5, 0.6) is 0 Å². The lowest BCUT2D eigenvalue weighted by Gasteiger charge is -2.15. The molecule has 0 radical (unpaired) electrons. The van der Waals surface area contributed by atoms with Crippen molar-refractivity contribution in [3.8, 4) is 0 Å². The predicted molar refractivity (Wildman–Crippen MR) is 66.2 cm³/mol. The molecule has 0 aliphatic heterocycles. The fourth-order valence-corrected chi connectivity index (χ4v) is 1.88.